The lowest BCUT2D eigenvalue weighted by molar-refractivity contribution is -0.113. The fourth-order valence-electron chi connectivity index (χ4n) is 2.39. The maximum absolute atomic E-state index is 12.4. The second kappa shape index (κ2) is 8.44. The predicted molar refractivity (Wildman–Crippen MR) is 111 cm³/mol. The van der Waals surface area contributed by atoms with Gasteiger partial charge in [0.15, 0.2) is 0 Å². The Hall–Kier alpha value is -2.20. The molecule has 10 heteroatoms. The van der Waals surface area contributed by atoms with Gasteiger partial charge < -0.3 is 5.32 Å². The van der Waals surface area contributed by atoms with Gasteiger partial charge in [-0.1, -0.05) is 41.6 Å². The number of carbonyl (C=O) groups excluding carboxylic acids is 1. The van der Waals surface area contributed by atoms with E-state index in [2.05, 4.69) is 15.3 Å². The van der Waals surface area contributed by atoms with Crippen LogP contribution in [-0.4, -0.2) is 48.4 Å². The van der Waals surface area contributed by atoms with Gasteiger partial charge in [-0.3, -0.25) is 4.79 Å². The molecular weight excluding hydrogens is 420 g/mol. The lowest BCUT2D eigenvalue weighted by Gasteiger charge is -2.13. The first-order valence-corrected chi connectivity index (χ1v) is 10.9. The molecule has 28 heavy (non-hydrogen) atoms. The van der Waals surface area contributed by atoms with E-state index in [1.165, 1.54) is 50.4 Å². The number of sulfonamides is 1. The Balaban J connectivity index is 1.75. The highest BCUT2D eigenvalue weighted by Crippen LogP contribution is 2.28. The van der Waals surface area contributed by atoms with Crippen molar-refractivity contribution < 1.29 is 13.2 Å². The molecule has 0 saturated carbocycles. The van der Waals surface area contributed by atoms with Crippen LogP contribution in [0.25, 0.3) is 10.9 Å². The first-order chi connectivity index (χ1) is 13.3. The predicted octanol–water partition coefficient (Wildman–Crippen LogP) is 3.26. The molecule has 1 N–H and O–H groups in total. The monoisotopic (exact) mass is 436 g/mol. The quantitative estimate of drug-likeness (QED) is 0.471. The molecule has 1 heterocycles. The molecule has 7 nitrogen and oxygen atoms in total. The lowest BCUT2D eigenvalue weighted by atomic mass is 10.2. The van der Waals surface area contributed by atoms with Crippen molar-refractivity contribution in [2.45, 2.75) is 9.92 Å². The number of aromatic nitrogens is 2. The molecule has 0 aliphatic rings. The molecule has 0 aliphatic heterocycles. The highest BCUT2D eigenvalue weighted by atomic mass is 35.5. The third kappa shape index (κ3) is 4.44. The first kappa shape index (κ1) is 20.5. The number of benzene rings is 2. The number of thioether (sulfide) groups is 1. The summed E-state index contributed by atoms with van der Waals surface area (Å²) in [6.07, 6.45) is 1.45. The van der Waals surface area contributed by atoms with Crippen molar-refractivity contribution in [2.75, 3.05) is 25.2 Å². The van der Waals surface area contributed by atoms with Crippen LogP contribution in [0.4, 0.5) is 5.69 Å². The van der Waals surface area contributed by atoms with E-state index in [1.807, 2.05) is 24.3 Å². The number of para-hydroxylation sites is 1. The van der Waals surface area contributed by atoms with Gasteiger partial charge in [0.1, 0.15) is 11.4 Å². The van der Waals surface area contributed by atoms with Gasteiger partial charge in [0.05, 0.1) is 26.9 Å². The largest absolute Gasteiger partial charge is 0.324 e. The second-order valence-corrected chi connectivity index (χ2v) is 9.48. The van der Waals surface area contributed by atoms with Crippen molar-refractivity contribution >= 4 is 55.9 Å². The highest BCUT2D eigenvalue weighted by molar-refractivity contribution is 8.00. The van der Waals surface area contributed by atoms with E-state index in [4.69, 9.17) is 11.6 Å². The lowest BCUT2D eigenvalue weighted by Crippen LogP contribution is -2.22. The van der Waals surface area contributed by atoms with Gasteiger partial charge in [-0.05, 0) is 24.3 Å². The summed E-state index contributed by atoms with van der Waals surface area (Å²) in [5, 5.41) is 4.47. The fourth-order valence-corrected chi connectivity index (χ4v) is 4.27. The third-order valence-electron chi connectivity index (χ3n) is 3.84. The summed E-state index contributed by atoms with van der Waals surface area (Å²) in [5.74, 6) is -0.240. The minimum Gasteiger partial charge on any atom is -0.324 e. The summed E-state index contributed by atoms with van der Waals surface area (Å²) < 4.78 is 25.6. The summed E-state index contributed by atoms with van der Waals surface area (Å²) in [5.41, 5.74) is 1.03. The topological polar surface area (TPSA) is 92.3 Å². The van der Waals surface area contributed by atoms with Gasteiger partial charge >= 0.3 is 0 Å². The van der Waals surface area contributed by atoms with Crippen LogP contribution >= 0.6 is 23.4 Å². The van der Waals surface area contributed by atoms with Gasteiger partial charge in [-0.25, -0.2) is 22.7 Å². The van der Waals surface area contributed by atoms with Crippen molar-refractivity contribution in [2.24, 2.45) is 0 Å². The zero-order chi connectivity index (χ0) is 20.3. The molecule has 0 spiro atoms. The Kier molecular flexibility index (Phi) is 6.19. The minimum absolute atomic E-state index is 0.0478. The van der Waals surface area contributed by atoms with Crippen LogP contribution in [0.1, 0.15) is 0 Å². The Morgan fingerprint density at radius 2 is 1.93 bits per heavy atom. The number of halogens is 1. The standard InChI is InChI=1S/C18H17ClN4O3S2/c1-23(2)28(25,26)12-7-8-14(19)16(9-12)22-17(24)10-27-18-13-5-3-4-6-15(13)20-11-21-18/h3-9,11H,10H2,1-2H3,(H,22,24). The minimum atomic E-state index is -3.63. The van der Waals surface area contributed by atoms with Crippen molar-refractivity contribution in [1.82, 2.24) is 14.3 Å². The van der Waals surface area contributed by atoms with E-state index in [0.717, 1.165) is 15.2 Å². The summed E-state index contributed by atoms with van der Waals surface area (Å²) in [7, 11) is -0.760. The number of nitrogens with zero attached hydrogens (tertiary/aromatic N) is 3. The van der Waals surface area contributed by atoms with Crippen LogP contribution in [0, 0.1) is 0 Å². The molecule has 3 rings (SSSR count). The van der Waals surface area contributed by atoms with Crippen molar-refractivity contribution in [3.8, 4) is 0 Å². The number of anilines is 1. The maximum atomic E-state index is 12.4. The molecular formula is C18H17ClN4O3S2. The molecule has 1 aromatic heterocycles. The van der Waals surface area contributed by atoms with E-state index < -0.39 is 10.0 Å². The number of carbonyl (C=O) groups is 1. The molecule has 2 aromatic carbocycles. The summed E-state index contributed by atoms with van der Waals surface area (Å²) in [6, 6.07) is 11.7. The molecule has 0 saturated heterocycles. The van der Waals surface area contributed by atoms with Gasteiger partial charge in [-0.15, -0.1) is 0 Å². The van der Waals surface area contributed by atoms with E-state index in [-0.39, 0.29) is 27.3 Å². The molecule has 1 amide bonds. The van der Waals surface area contributed by atoms with Crippen molar-refractivity contribution in [3.05, 3.63) is 53.8 Å². The van der Waals surface area contributed by atoms with Crippen molar-refractivity contribution in [3.63, 3.8) is 0 Å². The van der Waals surface area contributed by atoms with Gasteiger partial charge in [0.25, 0.3) is 0 Å². The van der Waals surface area contributed by atoms with Gasteiger partial charge in [0, 0.05) is 19.5 Å². The fraction of sp³-hybridized carbons (Fsp3) is 0.167. The molecule has 0 atom stereocenters. The van der Waals surface area contributed by atoms with Crippen LogP contribution in [0.3, 0.4) is 0 Å². The van der Waals surface area contributed by atoms with E-state index >= 15 is 0 Å². The van der Waals surface area contributed by atoms with Crippen LogP contribution < -0.4 is 5.32 Å². The molecule has 0 radical (unpaired) electrons. The number of hydrogen-bond acceptors (Lipinski definition) is 6. The second-order valence-electron chi connectivity index (χ2n) is 5.96. The zero-order valence-corrected chi connectivity index (χ0v) is 17.5. The summed E-state index contributed by atoms with van der Waals surface area (Å²) >= 11 is 7.38. The van der Waals surface area contributed by atoms with Crippen molar-refractivity contribution in [1.29, 1.82) is 0 Å². The number of fused-ring (bicyclic) bond motifs is 1. The Bertz CT molecular complexity index is 1130. The molecule has 0 bridgehead atoms. The Morgan fingerprint density at radius 3 is 2.68 bits per heavy atom. The normalized spacial score (nSPS) is 11.7. The molecule has 3 aromatic rings. The average molecular weight is 437 g/mol. The van der Waals surface area contributed by atoms with E-state index in [0.29, 0.717) is 5.03 Å². The maximum Gasteiger partial charge on any atom is 0.242 e. The van der Waals surface area contributed by atoms with Gasteiger partial charge in [-0.2, -0.15) is 0 Å². The van der Waals surface area contributed by atoms with Crippen LogP contribution in [-0.2, 0) is 14.8 Å². The van der Waals surface area contributed by atoms with Crippen LogP contribution in [0.2, 0.25) is 5.02 Å². The SMILES string of the molecule is CN(C)S(=O)(=O)c1ccc(Cl)c(NC(=O)CSc2ncnc3ccccc23)c1. The molecule has 146 valence electrons. The summed E-state index contributed by atoms with van der Waals surface area (Å²) in [4.78, 5) is 20.8. The Labute approximate surface area is 172 Å². The van der Waals surface area contributed by atoms with Gasteiger partial charge in [0.2, 0.25) is 15.9 Å². The number of amides is 1. The number of rotatable bonds is 6. The van der Waals surface area contributed by atoms with E-state index in [1.54, 1.807) is 0 Å². The average Bonchev–Trinajstić information content (AvgIpc) is 2.67. The number of hydrogen-bond donors (Lipinski definition) is 1. The molecule has 0 aliphatic carbocycles. The molecule has 0 unspecified atom stereocenters. The number of nitrogens with one attached hydrogen (secondary N) is 1. The smallest absolute Gasteiger partial charge is 0.242 e. The third-order valence-corrected chi connectivity index (χ3v) is 6.98. The van der Waals surface area contributed by atoms with Crippen LogP contribution in [0.15, 0.2) is 58.7 Å². The van der Waals surface area contributed by atoms with Crippen LogP contribution in [0.5, 0.6) is 0 Å². The van der Waals surface area contributed by atoms with E-state index in [9.17, 15) is 13.2 Å². The first-order valence-electron chi connectivity index (χ1n) is 8.13. The highest BCUT2D eigenvalue weighted by Gasteiger charge is 2.19. The Morgan fingerprint density at radius 1 is 1.18 bits per heavy atom. The zero-order valence-electron chi connectivity index (χ0n) is 15.1. The molecule has 0 fully saturated rings. The summed E-state index contributed by atoms with van der Waals surface area (Å²) in [6.45, 7) is 0.